The highest BCUT2D eigenvalue weighted by atomic mass is 16.7. The molecule has 1 aliphatic rings. The van der Waals surface area contributed by atoms with E-state index in [0.717, 1.165) is 16.6 Å². The van der Waals surface area contributed by atoms with E-state index < -0.39 is 5.79 Å². The van der Waals surface area contributed by atoms with Gasteiger partial charge >= 0.3 is 0 Å². The van der Waals surface area contributed by atoms with Crippen LogP contribution >= 0.6 is 0 Å². The number of benzene rings is 1. The van der Waals surface area contributed by atoms with Crippen molar-refractivity contribution in [3.8, 4) is 0 Å². The maximum absolute atomic E-state index is 5.86. The number of H-pyrrole nitrogens is 1. The van der Waals surface area contributed by atoms with Crippen LogP contribution < -0.4 is 5.32 Å². The second kappa shape index (κ2) is 4.35. The van der Waals surface area contributed by atoms with Gasteiger partial charge in [-0.15, -0.1) is 0 Å². The third kappa shape index (κ3) is 1.90. The Balaban J connectivity index is 1.88. The van der Waals surface area contributed by atoms with E-state index in [9.17, 15) is 0 Å². The van der Waals surface area contributed by atoms with Crippen molar-refractivity contribution in [1.82, 2.24) is 15.3 Å². The number of nitrogens with one attached hydrogen (secondary N) is 2. The van der Waals surface area contributed by atoms with Crippen LogP contribution in [0.25, 0.3) is 11.0 Å². The number of hydrogen-bond donors (Lipinski definition) is 2. The second-order valence-corrected chi connectivity index (χ2v) is 4.69. The zero-order valence-corrected chi connectivity index (χ0v) is 10.6. The normalized spacial score (nSPS) is 28.7. The van der Waals surface area contributed by atoms with Crippen molar-refractivity contribution in [3.05, 3.63) is 30.1 Å². The predicted molar refractivity (Wildman–Crippen MR) is 68.2 cm³/mol. The number of rotatable bonds is 2. The largest absolute Gasteiger partial charge is 0.345 e. The van der Waals surface area contributed by atoms with E-state index in [2.05, 4.69) is 15.3 Å². The van der Waals surface area contributed by atoms with E-state index >= 15 is 0 Å². The minimum atomic E-state index is -0.674. The molecule has 2 heterocycles. The highest BCUT2D eigenvalue weighted by Gasteiger charge is 2.34. The van der Waals surface area contributed by atoms with E-state index in [1.165, 1.54) is 0 Å². The Hall–Kier alpha value is -1.43. The number of ether oxygens (including phenoxy) is 2. The molecule has 1 fully saturated rings. The smallest absolute Gasteiger partial charge is 0.192 e. The average molecular weight is 247 g/mol. The monoisotopic (exact) mass is 247 g/mol. The van der Waals surface area contributed by atoms with Gasteiger partial charge in [0.05, 0.1) is 36.6 Å². The standard InChI is InChI=1S/C13H17N3O2/c1-13(17-6-10(14-2)7-18-13)9-3-4-11-12(5-9)16-8-15-11/h3-5,8,10,14H,6-7H2,1-2H3,(H,15,16). The average Bonchev–Trinajstić information content (AvgIpc) is 2.87. The molecule has 1 aromatic carbocycles. The minimum Gasteiger partial charge on any atom is -0.345 e. The van der Waals surface area contributed by atoms with Crippen LogP contribution in [0.2, 0.25) is 0 Å². The molecule has 3 rings (SSSR count). The first kappa shape index (κ1) is 11.6. The molecule has 1 aromatic heterocycles. The van der Waals surface area contributed by atoms with Gasteiger partial charge in [-0.2, -0.15) is 0 Å². The molecule has 0 spiro atoms. The number of hydrogen-bond acceptors (Lipinski definition) is 4. The number of nitrogens with zero attached hydrogens (tertiary/aromatic N) is 1. The summed E-state index contributed by atoms with van der Waals surface area (Å²) in [6, 6.07) is 6.27. The van der Waals surface area contributed by atoms with E-state index in [1.54, 1.807) is 6.33 Å². The fraction of sp³-hybridized carbons (Fsp3) is 0.462. The van der Waals surface area contributed by atoms with Gasteiger partial charge in [-0.1, -0.05) is 6.07 Å². The molecule has 2 aromatic rings. The van der Waals surface area contributed by atoms with Crippen molar-refractivity contribution in [2.75, 3.05) is 20.3 Å². The molecule has 0 bridgehead atoms. The van der Waals surface area contributed by atoms with Crippen molar-refractivity contribution in [3.63, 3.8) is 0 Å². The summed E-state index contributed by atoms with van der Waals surface area (Å²) in [5.41, 5.74) is 2.96. The molecule has 18 heavy (non-hydrogen) atoms. The Morgan fingerprint density at radius 3 is 2.89 bits per heavy atom. The van der Waals surface area contributed by atoms with Crippen molar-refractivity contribution in [1.29, 1.82) is 0 Å². The van der Waals surface area contributed by atoms with E-state index in [4.69, 9.17) is 9.47 Å². The van der Waals surface area contributed by atoms with Gasteiger partial charge in [0.25, 0.3) is 0 Å². The van der Waals surface area contributed by atoms with Gasteiger partial charge in [-0.25, -0.2) is 4.98 Å². The van der Waals surface area contributed by atoms with Gasteiger partial charge < -0.3 is 19.8 Å². The Kier molecular flexibility index (Phi) is 2.81. The number of aromatic amines is 1. The van der Waals surface area contributed by atoms with E-state index in [0.29, 0.717) is 13.2 Å². The summed E-state index contributed by atoms with van der Waals surface area (Å²) in [6.07, 6.45) is 1.69. The molecule has 0 aliphatic carbocycles. The maximum atomic E-state index is 5.86. The number of imidazole rings is 1. The Labute approximate surface area is 106 Å². The van der Waals surface area contributed by atoms with Crippen LogP contribution in [-0.4, -0.2) is 36.3 Å². The maximum Gasteiger partial charge on any atom is 0.192 e. The van der Waals surface area contributed by atoms with Crippen LogP contribution in [-0.2, 0) is 15.3 Å². The van der Waals surface area contributed by atoms with Crippen LogP contribution in [0.3, 0.4) is 0 Å². The lowest BCUT2D eigenvalue weighted by atomic mass is 10.1. The number of aromatic nitrogens is 2. The lowest BCUT2D eigenvalue weighted by Crippen LogP contribution is -2.47. The van der Waals surface area contributed by atoms with Gasteiger partial charge in [0.15, 0.2) is 5.79 Å². The molecule has 0 amide bonds. The highest BCUT2D eigenvalue weighted by molar-refractivity contribution is 5.75. The lowest BCUT2D eigenvalue weighted by molar-refractivity contribution is -0.272. The summed E-state index contributed by atoms with van der Waals surface area (Å²) in [5.74, 6) is -0.674. The van der Waals surface area contributed by atoms with Crippen LogP contribution in [0.15, 0.2) is 24.5 Å². The number of likely N-dealkylation sites (N-methyl/N-ethyl adjacent to an activating group) is 1. The van der Waals surface area contributed by atoms with Crippen molar-refractivity contribution in [2.45, 2.75) is 18.8 Å². The predicted octanol–water partition coefficient (Wildman–Crippen LogP) is 1.37. The van der Waals surface area contributed by atoms with Crippen LogP contribution in [0.5, 0.6) is 0 Å². The van der Waals surface area contributed by atoms with Gasteiger partial charge in [-0.05, 0) is 26.1 Å². The quantitative estimate of drug-likeness (QED) is 0.841. The summed E-state index contributed by atoms with van der Waals surface area (Å²) in [5, 5.41) is 3.15. The molecule has 2 N–H and O–H groups in total. The number of fused-ring (bicyclic) bond motifs is 1. The molecule has 0 unspecified atom stereocenters. The molecule has 5 nitrogen and oxygen atoms in total. The molecule has 0 atom stereocenters. The summed E-state index contributed by atoms with van der Waals surface area (Å²) in [4.78, 5) is 7.31. The zero-order valence-electron chi connectivity index (χ0n) is 10.6. The van der Waals surface area contributed by atoms with Gasteiger partial charge in [0.2, 0.25) is 0 Å². The molecule has 1 saturated heterocycles. The van der Waals surface area contributed by atoms with Crippen LogP contribution in [0.4, 0.5) is 0 Å². The lowest BCUT2D eigenvalue weighted by Gasteiger charge is -2.37. The van der Waals surface area contributed by atoms with Crippen molar-refractivity contribution < 1.29 is 9.47 Å². The molecule has 0 radical (unpaired) electrons. The minimum absolute atomic E-state index is 0.258. The first-order valence-electron chi connectivity index (χ1n) is 6.10. The summed E-state index contributed by atoms with van der Waals surface area (Å²) < 4.78 is 11.7. The van der Waals surface area contributed by atoms with E-state index in [-0.39, 0.29) is 6.04 Å². The van der Waals surface area contributed by atoms with Gasteiger partial charge in [-0.3, -0.25) is 0 Å². The Bertz CT molecular complexity index is 544. The topological polar surface area (TPSA) is 59.2 Å². The zero-order chi connectivity index (χ0) is 12.6. The van der Waals surface area contributed by atoms with Crippen molar-refractivity contribution in [2.24, 2.45) is 0 Å². The SMILES string of the molecule is CNC1COC(C)(c2ccc3nc[nH]c3c2)OC1. The summed E-state index contributed by atoms with van der Waals surface area (Å²) >= 11 is 0. The molecular formula is C13H17N3O2. The Morgan fingerprint density at radius 1 is 1.39 bits per heavy atom. The summed E-state index contributed by atoms with van der Waals surface area (Å²) in [7, 11) is 1.91. The fourth-order valence-electron chi connectivity index (χ4n) is 2.16. The Morgan fingerprint density at radius 2 is 2.17 bits per heavy atom. The highest BCUT2D eigenvalue weighted by Crippen LogP contribution is 2.31. The fourth-order valence-corrected chi connectivity index (χ4v) is 2.16. The van der Waals surface area contributed by atoms with Gasteiger partial charge in [0, 0.05) is 5.56 Å². The molecule has 96 valence electrons. The third-order valence-electron chi connectivity index (χ3n) is 3.47. The molecule has 5 heteroatoms. The third-order valence-corrected chi connectivity index (χ3v) is 3.47. The van der Waals surface area contributed by atoms with Gasteiger partial charge in [0.1, 0.15) is 0 Å². The van der Waals surface area contributed by atoms with E-state index in [1.807, 2.05) is 32.2 Å². The van der Waals surface area contributed by atoms with Crippen LogP contribution in [0.1, 0.15) is 12.5 Å². The summed E-state index contributed by atoms with van der Waals surface area (Å²) in [6.45, 7) is 3.25. The molecule has 1 aliphatic heterocycles. The second-order valence-electron chi connectivity index (χ2n) is 4.69. The molecular weight excluding hydrogens is 230 g/mol. The first-order valence-corrected chi connectivity index (χ1v) is 6.10. The van der Waals surface area contributed by atoms with Crippen LogP contribution in [0, 0.1) is 0 Å². The molecule has 0 saturated carbocycles. The van der Waals surface area contributed by atoms with Crippen molar-refractivity contribution >= 4 is 11.0 Å². The first-order chi connectivity index (χ1) is 8.71.